The van der Waals surface area contributed by atoms with Gasteiger partial charge < -0.3 is 10.2 Å². The van der Waals surface area contributed by atoms with E-state index < -0.39 is 0 Å². The smallest absolute Gasteiger partial charge is 0.200 e. The molecule has 0 spiro atoms. The number of fused-ring (bicyclic) bond motifs is 1. The Balaban J connectivity index is 1.76. The highest BCUT2D eigenvalue weighted by molar-refractivity contribution is 5.66. The van der Waals surface area contributed by atoms with E-state index in [1.54, 1.807) is 10.8 Å². The zero-order chi connectivity index (χ0) is 17.3. The molecule has 7 heteroatoms. The Morgan fingerprint density at radius 1 is 1.21 bits per heavy atom. The second-order valence-electron chi connectivity index (χ2n) is 7.69. The van der Waals surface area contributed by atoms with E-state index in [9.17, 15) is 0 Å². The number of anilines is 1. The number of nitrogens with zero attached hydrogens (tertiary/aromatic N) is 6. The molecule has 0 atom stereocenters. The third-order valence-corrected chi connectivity index (χ3v) is 4.95. The normalized spacial score (nSPS) is 17.8. The molecule has 24 heavy (non-hydrogen) atoms. The van der Waals surface area contributed by atoms with Gasteiger partial charge in [-0.2, -0.15) is 9.61 Å². The van der Waals surface area contributed by atoms with E-state index in [0.29, 0.717) is 5.92 Å². The van der Waals surface area contributed by atoms with Gasteiger partial charge >= 0.3 is 0 Å². The summed E-state index contributed by atoms with van der Waals surface area (Å²) in [5.74, 6) is 0.364. The fourth-order valence-corrected chi connectivity index (χ4v) is 3.09. The SMILES string of the molecule is CC(C)c1cc(NCC(C)(C)N2CCN(C)CC2)c2nncn2n1. The molecule has 3 heterocycles. The number of likely N-dealkylation sites (N-methyl/N-ethyl adjacent to an activating group) is 1. The molecule has 7 nitrogen and oxygen atoms in total. The highest BCUT2D eigenvalue weighted by atomic mass is 15.4. The van der Waals surface area contributed by atoms with Gasteiger partial charge in [-0.3, -0.25) is 4.90 Å². The molecule has 0 amide bonds. The van der Waals surface area contributed by atoms with Crippen LogP contribution < -0.4 is 5.32 Å². The topological polar surface area (TPSA) is 61.6 Å². The molecule has 0 saturated carbocycles. The number of rotatable bonds is 5. The quantitative estimate of drug-likeness (QED) is 0.899. The molecule has 1 saturated heterocycles. The van der Waals surface area contributed by atoms with Crippen molar-refractivity contribution >= 4 is 11.3 Å². The summed E-state index contributed by atoms with van der Waals surface area (Å²) in [6.07, 6.45) is 1.66. The number of hydrogen-bond acceptors (Lipinski definition) is 6. The molecule has 0 radical (unpaired) electrons. The van der Waals surface area contributed by atoms with Crippen LogP contribution in [0.3, 0.4) is 0 Å². The van der Waals surface area contributed by atoms with E-state index in [0.717, 1.165) is 49.8 Å². The van der Waals surface area contributed by atoms with Gasteiger partial charge in [0.05, 0.1) is 11.4 Å². The lowest BCUT2D eigenvalue weighted by Crippen LogP contribution is -2.56. The van der Waals surface area contributed by atoms with Crippen LogP contribution in [0.2, 0.25) is 0 Å². The average Bonchev–Trinajstić information content (AvgIpc) is 3.01. The van der Waals surface area contributed by atoms with Crippen LogP contribution in [0.5, 0.6) is 0 Å². The van der Waals surface area contributed by atoms with Gasteiger partial charge in [0, 0.05) is 38.3 Å². The molecule has 1 N–H and O–H groups in total. The Hall–Kier alpha value is -1.73. The summed E-state index contributed by atoms with van der Waals surface area (Å²) in [5, 5.41) is 16.4. The molecule has 2 aromatic rings. The minimum Gasteiger partial charge on any atom is -0.380 e. The van der Waals surface area contributed by atoms with Crippen LogP contribution in [-0.2, 0) is 0 Å². The fraction of sp³-hybridized carbons (Fsp3) is 0.706. The van der Waals surface area contributed by atoms with Crippen molar-refractivity contribution in [2.24, 2.45) is 0 Å². The van der Waals surface area contributed by atoms with Crippen molar-refractivity contribution < 1.29 is 0 Å². The van der Waals surface area contributed by atoms with Gasteiger partial charge in [0.1, 0.15) is 6.33 Å². The maximum atomic E-state index is 4.57. The van der Waals surface area contributed by atoms with Gasteiger partial charge in [0.15, 0.2) is 0 Å². The Morgan fingerprint density at radius 2 is 1.92 bits per heavy atom. The number of nitrogens with one attached hydrogen (secondary N) is 1. The van der Waals surface area contributed by atoms with Gasteiger partial charge in [-0.25, -0.2) is 0 Å². The van der Waals surface area contributed by atoms with Crippen LogP contribution in [0.1, 0.15) is 39.3 Å². The first-order valence-electron chi connectivity index (χ1n) is 8.75. The van der Waals surface area contributed by atoms with Crippen LogP contribution in [0.4, 0.5) is 5.69 Å². The lowest BCUT2D eigenvalue weighted by Gasteiger charge is -2.43. The van der Waals surface area contributed by atoms with Crippen molar-refractivity contribution in [1.29, 1.82) is 0 Å². The Morgan fingerprint density at radius 3 is 2.58 bits per heavy atom. The molecule has 1 fully saturated rings. The maximum Gasteiger partial charge on any atom is 0.200 e. The number of aromatic nitrogens is 4. The largest absolute Gasteiger partial charge is 0.380 e. The van der Waals surface area contributed by atoms with Crippen LogP contribution in [0, 0.1) is 0 Å². The van der Waals surface area contributed by atoms with Crippen molar-refractivity contribution in [2.75, 3.05) is 45.1 Å². The first kappa shape index (κ1) is 17.1. The zero-order valence-corrected chi connectivity index (χ0v) is 15.5. The Labute approximate surface area is 144 Å². The van der Waals surface area contributed by atoms with Crippen molar-refractivity contribution in [3.8, 4) is 0 Å². The van der Waals surface area contributed by atoms with Crippen LogP contribution in [0.15, 0.2) is 12.4 Å². The molecular weight excluding hydrogens is 302 g/mol. The highest BCUT2D eigenvalue weighted by Gasteiger charge is 2.29. The van der Waals surface area contributed by atoms with Gasteiger partial charge in [0.25, 0.3) is 0 Å². The molecule has 0 unspecified atom stereocenters. The monoisotopic (exact) mass is 331 g/mol. The second kappa shape index (κ2) is 6.64. The van der Waals surface area contributed by atoms with Crippen LogP contribution >= 0.6 is 0 Å². The minimum absolute atomic E-state index is 0.0829. The van der Waals surface area contributed by atoms with Crippen molar-refractivity contribution in [1.82, 2.24) is 29.6 Å². The molecule has 2 aromatic heterocycles. The minimum atomic E-state index is 0.0829. The summed E-state index contributed by atoms with van der Waals surface area (Å²) in [4.78, 5) is 4.95. The van der Waals surface area contributed by atoms with E-state index in [4.69, 9.17) is 0 Å². The standard InChI is InChI=1S/C17H29N7/c1-13(2)14-10-15(16-20-19-12-24(16)21-14)18-11-17(3,4)23-8-6-22(5)7-9-23/h10,12-13,18H,6-9,11H2,1-5H3. The molecule has 0 bridgehead atoms. The third kappa shape index (κ3) is 3.52. The van der Waals surface area contributed by atoms with Crippen molar-refractivity contribution in [3.05, 3.63) is 18.1 Å². The van der Waals surface area contributed by atoms with Crippen molar-refractivity contribution in [3.63, 3.8) is 0 Å². The predicted molar refractivity (Wildman–Crippen MR) is 96.5 cm³/mol. The van der Waals surface area contributed by atoms with Crippen LogP contribution in [-0.4, -0.2) is 74.9 Å². The first-order valence-corrected chi connectivity index (χ1v) is 8.75. The summed E-state index contributed by atoms with van der Waals surface area (Å²) in [6.45, 7) is 14.2. The fourth-order valence-electron chi connectivity index (χ4n) is 3.09. The van der Waals surface area contributed by atoms with Crippen LogP contribution in [0.25, 0.3) is 5.65 Å². The molecule has 0 aliphatic carbocycles. The summed E-state index contributed by atoms with van der Waals surface area (Å²) in [5.41, 5.74) is 2.92. The summed E-state index contributed by atoms with van der Waals surface area (Å²) in [7, 11) is 2.19. The van der Waals surface area contributed by atoms with E-state index in [1.165, 1.54) is 0 Å². The van der Waals surface area contributed by atoms with E-state index in [-0.39, 0.29) is 5.54 Å². The lowest BCUT2D eigenvalue weighted by molar-refractivity contribution is 0.0699. The number of piperazine rings is 1. The molecule has 132 valence electrons. The van der Waals surface area contributed by atoms with E-state index >= 15 is 0 Å². The van der Waals surface area contributed by atoms with Gasteiger partial charge in [0.2, 0.25) is 5.65 Å². The molecule has 1 aliphatic heterocycles. The lowest BCUT2D eigenvalue weighted by atomic mass is 10.0. The van der Waals surface area contributed by atoms with E-state index in [1.807, 2.05) is 0 Å². The summed E-state index contributed by atoms with van der Waals surface area (Å²) >= 11 is 0. The zero-order valence-electron chi connectivity index (χ0n) is 15.5. The molecule has 3 rings (SSSR count). The van der Waals surface area contributed by atoms with Crippen molar-refractivity contribution in [2.45, 2.75) is 39.2 Å². The second-order valence-corrected chi connectivity index (χ2v) is 7.69. The summed E-state index contributed by atoms with van der Waals surface area (Å²) < 4.78 is 1.76. The molecular formula is C17H29N7. The van der Waals surface area contributed by atoms with E-state index in [2.05, 4.69) is 71.2 Å². The van der Waals surface area contributed by atoms with Gasteiger partial charge in [-0.1, -0.05) is 13.8 Å². The average molecular weight is 331 g/mol. The first-order chi connectivity index (χ1) is 11.4. The highest BCUT2D eigenvalue weighted by Crippen LogP contribution is 2.22. The molecule has 0 aromatic carbocycles. The Bertz CT molecular complexity index is 683. The molecule has 1 aliphatic rings. The van der Waals surface area contributed by atoms with Gasteiger partial charge in [-0.05, 0) is 32.9 Å². The number of hydrogen-bond donors (Lipinski definition) is 1. The Kier molecular flexibility index (Phi) is 4.73. The predicted octanol–water partition coefficient (Wildman–Crippen LogP) is 1.69. The maximum absolute atomic E-state index is 4.57. The third-order valence-electron chi connectivity index (χ3n) is 4.95. The summed E-state index contributed by atoms with van der Waals surface area (Å²) in [6, 6.07) is 2.11. The van der Waals surface area contributed by atoms with Gasteiger partial charge in [-0.15, -0.1) is 10.2 Å².